The second-order valence-electron chi connectivity index (χ2n) is 6.28. The first-order valence-electron chi connectivity index (χ1n) is 8.98. The van der Waals surface area contributed by atoms with E-state index in [0.717, 1.165) is 27.1 Å². The van der Waals surface area contributed by atoms with E-state index in [4.69, 9.17) is 9.47 Å². The molecule has 0 aliphatic rings. The van der Waals surface area contributed by atoms with Gasteiger partial charge >= 0.3 is 5.97 Å². The summed E-state index contributed by atoms with van der Waals surface area (Å²) in [7, 11) is 1.32. The molecule has 1 amide bonds. The molecule has 1 atom stereocenters. The molecular weight excluding hydrogens is 342 g/mol. The quantitative estimate of drug-likeness (QED) is 0.516. The Hall–Kier alpha value is -2.92. The van der Waals surface area contributed by atoms with Gasteiger partial charge in [0.15, 0.2) is 0 Å². The van der Waals surface area contributed by atoms with Gasteiger partial charge in [0.25, 0.3) is 0 Å². The van der Waals surface area contributed by atoms with E-state index in [9.17, 15) is 9.59 Å². The lowest BCUT2D eigenvalue weighted by Gasteiger charge is -2.19. The third-order valence-electron chi connectivity index (χ3n) is 4.55. The molecule has 0 aliphatic heterocycles. The highest BCUT2D eigenvalue weighted by molar-refractivity contribution is 6.02. The summed E-state index contributed by atoms with van der Waals surface area (Å²) in [6.45, 7) is 2.16. The summed E-state index contributed by atoms with van der Waals surface area (Å²) < 4.78 is 10.1. The molecule has 0 heterocycles. The fourth-order valence-corrected chi connectivity index (χ4v) is 3.30. The van der Waals surface area contributed by atoms with Crippen molar-refractivity contribution in [3.05, 3.63) is 60.2 Å². The molecule has 0 radical (unpaired) electrons. The molecule has 140 valence electrons. The summed E-state index contributed by atoms with van der Waals surface area (Å²) in [4.78, 5) is 24.4. The second-order valence-corrected chi connectivity index (χ2v) is 6.28. The Morgan fingerprint density at radius 1 is 1.00 bits per heavy atom. The molecule has 0 aliphatic carbocycles. The van der Waals surface area contributed by atoms with Crippen LogP contribution in [0.25, 0.3) is 21.5 Å². The molecule has 0 fully saturated rings. The standard InChI is InChI=1S/C22H23NO4/c1-3-27-14-21(24)23-20(22(25)26-2)13-19-17-10-6-4-8-15(17)12-16-9-5-7-11-18(16)19/h4-12,20H,3,13-14H2,1-2H3,(H,23,24)/t20-/m0/s1. The Kier molecular flexibility index (Phi) is 6.04. The summed E-state index contributed by atoms with van der Waals surface area (Å²) in [5.41, 5.74) is 1.01. The van der Waals surface area contributed by atoms with E-state index >= 15 is 0 Å². The SMILES string of the molecule is CCOCC(=O)N[C@@H](Cc1c2ccccc2cc2ccccc12)C(=O)OC. The van der Waals surface area contributed by atoms with E-state index < -0.39 is 12.0 Å². The highest BCUT2D eigenvalue weighted by Crippen LogP contribution is 2.29. The number of methoxy groups -OCH3 is 1. The van der Waals surface area contributed by atoms with Crippen LogP contribution in [0.2, 0.25) is 0 Å². The summed E-state index contributed by atoms with van der Waals surface area (Å²) in [6.07, 6.45) is 0.340. The van der Waals surface area contributed by atoms with Gasteiger partial charge < -0.3 is 14.8 Å². The van der Waals surface area contributed by atoms with E-state index in [1.54, 1.807) is 0 Å². The minimum atomic E-state index is -0.780. The largest absolute Gasteiger partial charge is 0.467 e. The average molecular weight is 365 g/mol. The topological polar surface area (TPSA) is 64.6 Å². The maximum Gasteiger partial charge on any atom is 0.328 e. The number of hydrogen-bond acceptors (Lipinski definition) is 4. The lowest BCUT2D eigenvalue weighted by molar-refractivity contribution is -0.145. The molecule has 27 heavy (non-hydrogen) atoms. The number of benzene rings is 3. The monoisotopic (exact) mass is 365 g/mol. The number of amides is 1. The van der Waals surface area contributed by atoms with Crippen LogP contribution in [0.1, 0.15) is 12.5 Å². The van der Waals surface area contributed by atoms with Crippen LogP contribution in [-0.2, 0) is 25.5 Å². The van der Waals surface area contributed by atoms with Crippen molar-refractivity contribution in [3.8, 4) is 0 Å². The molecule has 5 heteroatoms. The van der Waals surface area contributed by atoms with Crippen molar-refractivity contribution < 1.29 is 19.1 Å². The van der Waals surface area contributed by atoms with Gasteiger partial charge in [-0.2, -0.15) is 0 Å². The fraction of sp³-hybridized carbons (Fsp3) is 0.273. The first-order valence-corrected chi connectivity index (χ1v) is 8.98. The van der Waals surface area contributed by atoms with E-state index in [0.29, 0.717) is 13.0 Å². The normalized spacial score (nSPS) is 12.1. The number of carbonyl (C=O) groups excluding carboxylic acids is 2. The third kappa shape index (κ3) is 4.26. The molecule has 0 bridgehead atoms. The molecule has 0 saturated heterocycles. The number of ether oxygens (including phenoxy) is 2. The number of carbonyl (C=O) groups is 2. The van der Waals surface area contributed by atoms with Gasteiger partial charge in [-0.3, -0.25) is 4.79 Å². The predicted octanol–water partition coefficient (Wildman–Crippen LogP) is 3.23. The van der Waals surface area contributed by atoms with Crippen LogP contribution in [0.15, 0.2) is 54.6 Å². The Morgan fingerprint density at radius 3 is 2.15 bits per heavy atom. The van der Waals surface area contributed by atoms with Gasteiger partial charge in [-0.05, 0) is 40.1 Å². The Bertz CT molecular complexity index is 913. The van der Waals surface area contributed by atoms with E-state index in [1.165, 1.54) is 7.11 Å². The van der Waals surface area contributed by atoms with Crippen molar-refractivity contribution in [1.82, 2.24) is 5.32 Å². The number of rotatable bonds is 7. The zero-order chi connectivity index (χ0) is 19.2. The van der Waals surface area contributed by atoms with Gasteiger partial charge in [-0.25, -0.2) is 4.79 Å². The Labute approximate surface area is 158 Å². The van der Waals surface area contributed by atoms with E-state index in [-0.39, 0.29) is 12.5 Å². The van der Waals surface area contributed by atoms with Crippen LogP contribution in [-0.4, -0.2) is 38.2 Å². The number of esters is 1. The minimum absolute atomic E-state index is 0.0831. The van der Waals surface area contributed by atoms with Crippen molar-refractivity contribution >= 4 is 33.4 Å². The summed E-state index contributed by atoms with van der Waals surface area (Å²) >= 11 is 0. The molecule has 0 spiro atoms. The molecule has 3 aromatic rings. The first-order chi connectivity index (χ1) is 13.1. The zero-order valence-electron chi connectivity index (χ0n) is 15.5. The van der Waals surface area contributed by atoms with Crippen molar-refractivity contribution in [2.24, 2.45) is 0 Å². The van der Waals surface area contributed by atoms with Gasteiger partial charge in [-0.15, -0.1) is 0 Å². The highest BCUT2D eigenvalue weighted by atomic mass is 16.5. The van der Waals surface area contributed by atoms with Gasteiger partial charge in [0.2, 0.25) is 5.91 Å². The van der Waals surface area contributed by atoms with Crippen LogP contribution in [0.3, 0.4) is 0 Å². The summed E-state index contributed by atoms with van der Waals surface area (Å²) in [6, 6.07) is 17.4. The fourth-order valence-electron chi connectivity index (χ4n) is 3.30. The molecule has 0 unspecified atom stereocenters. The Balaban J connectivity index is 2.02. The van der Waals surface area contributed by atoms with Crippen LogP contribution in [0.4, 0.5) is 0 Å². The van der Waals surface area contributed by atoms with E-state index in [1.807, 2.05) is 55.5 Å². The van der Waals surface area contributed by atoms with Crippen molar-refractivity contribution in [1.29, 1.82) is 0 Å². The lowest BCUT2D eigenvalue weighted by atomic mass is 9.92. The minimum Gasteiger partial charge on any atom is -0.467 e. The molecule has 0 aromatic heterocycles. The molecule has 3 aromatic carbocycles. The smallest absolute Gasteiger partial charge is 0.328 e. The van der Waals surface area contributed by atoms with Crippen molar-refractivity contribution in [3.63, 3.8) is 0 Å². The van der Waals surface area contributed by atoms with Gasteiger partial charge in [0, 0.05) is 13.0 Å². The zero-order valence-corrected chi connectivity index (χ0v) is 15.5. The van der Waals surface area contributed by atoms with E-state index in [2.05, 4.69) is 11.4 Å². The van der Waals surface area contributed by atoms with Crippen LogP contribution >= 0.6 is 0 Å². The number of fused-ring (bicyclic) bond motifs is 2. The molecule has 1 N–H and O–H groups in total. The van der Waals surface area contributed by atoms with Crippen LogP contribution in [0.5, 0.6) is 0 Å². The maximum atomic E-state index is 12.3. The van der Waals surface area contributed by atoms with Gasteiger partial charge in [0.05, 0.1) is 7.11 Å². The van der Waals surface area contributed by atoms with Crippen molar-refractivity contribution in [2.75, 3.05) is 20.3 Å². The Morgan fingerprint density at radius 2 is 1.59 bits per heavy atom. The first kappa shape index (κ1) is 18.9. The third-order valence-corrected chi connectivity index (χ3v) is 4.55. The average Bonchev–Trinajstić information content (AvgIpc) is 2.70. The molecular formula is C22H23NO4. The highest BCUT2D eigenvalue weighted by Gasteiger charge is 2.24. The van der Waals surface area contributed by atoms with Gasteiger partial charge in [-0.1, -0.05) is 48.5 Å². The van der Waals surface area contributed by atoms with Crippen LogP contribution < -0.4 is 5.32 Å². The van der Waals surface area contributed by atoms with Gasteiger partial charge in [0.1, 0.15) is 12.6 Å². The van der Waals surface area contributed by atoms with Crippen molar-refractivity contribution in [2.45, 2.75) is 19.4 Å². The summed E-state index contributed by atoms with van der Waals surface area (Å²) in [5, 5.41) is 7.05. The predicted molar refractivity (Wildman–Crippen MR) is 106 cm³/mol. The van der Waals surface area contributed by atoms with Crippen LogP contribution in [0, 0.1) is 0 Å². The summed E-state index contributed by atoms with van der Waals surface area (Å²) in [5.74, 6) is -0.811. The lowest BCUT2D eigenvalue weighted by Crippen LogP contribution is -2.44. The number of hydrogen-bond donors (Lipinski definition) is 1. The second kappa shape index (κ2) is 8.64. The molecule has 0 saturated carbocycles. The number of nitrogens with one attached hydrogen (secondary N) is 1. The maximum absolute atomic E-state index is 12.3. The molecule has 5 nitrogen and oxygen atoms in total. The molecule has 3 rings (SSSR count).